The van der Waals surface area contributed by atoms with E-state index in [1.54, 1.807) is 58.5 Å². The lowest BCUT2D eigenvalue weighted by Gasteiger charge is -2.31. The molecule has 4 N–H and O–H groups in total. The van der Waals surface area contributed by atoms with E-state index in [4.69, 9.17) is 9.47 Å². The predicted octanol–water partition coefficient (Wildman–Crippen LogP) is 7.04. The maximum atomic E-state index is 13.5. The monoisotopic (exact) mass is 800 g/mol. The molecule has 2 aliphatic rings. The van der Waals surface area contributed by atoms with Crippen LogP contribution in [0.1, 0.15) is 83.3 Å². The van der Waals surface area contributed by atoms with Gasteiger partial charge in [0.1, 0.15) is 45.5 Å². The van der Waals surface area contributed by atoms with E-state index in [1.807, 2.05) is 6.92 Å². The smallest absolute Gasteiger partial charge is 0.431 e. The van der Waals surface area contributed by atoms with Crippen LogP contribution in [0.5, 0.6) is 23.0 Å². The Balaban J connectivity index is 1.13. The summed E-state index contributed by atoms with van der Waals surface area (Å²) in [5.41, 5.74) is -2.62. The average Bonchev–Trinajstić information content (AvgIpc) is 3.16. The molecule has 6 heterocycles. The van der Waals surface area contributed by atoms with E-state index in [0.717, 1.165) is 17.7 Å². The number of carbonyl (C=O) groups excluding carboxylic acids is 2. The summed E-state index contributed by atoms with van der Waals surface area (Å²) in [6, 6.07) is 14.4. The predicted molar refractivity (Wildman–Crippen MR) is 192 cm³/mol. The van der Waals surface area contributed by atoms with Gasteiger partial charge in [-0.15, -0.1) is 0 Å². The second-order valence-electron chi connectivity index (χ2n) is 13.4. The Labute approximate surface area is 321 Å². The Bertz CT molecular complexity index is 2780. The molecular weight excluding hydrogens is 774 g/mol. The maximum Gasteiger partial charge on any atom is 0.431 e. The number of halogens is 6. The van der Waals surface area contributed by atoms with Crippen LogP contribution < -0.4 is 31.2 Å². The molecule has 0 spiro atoms. The van der Waals surface area contributed by atoms with Crippen molar-refractivity contribution >= 4 is 11.8 Å². The minimum atomic E-state index is -4.84. The Morgan fingerprint density at radius 2 is 1.29 bits per heavy atom. The average molecular weight is 801 g/mol. The molecule has 4 aromatic heterocycles. The van der Waals surface area contributed by atoms with Crippen molar-refractivity contribution in [3.8, 4) is 23.0 Å². The van der Waals surface area contributed by atoms with Crippen molar-refractivity contribution in [1.29, 1.82) is 0 Å². The first-order valence-electron chi connectivity index (χ1n) is 17.3. The number of rotatable bonds is 6. The maximum absolute atomic E-state index is 13.5. The van der Waals surface area contributed by atoms with E-state index < -0.39 is 69.9 Å². The number of nitrogens with zero attached hydrogens (tertiary/aromatic N) is 2. The molecule has 0 aliphatic carbocycles. The molecule has 6 aromatic rings. The lowest BCUT2D eigenvalue weighted by atomic mass is 9.89. The standard InChI is InChI=1S/C40H26F6N6O6/c1-18-5-6-21-28(13-18)58-29-15-20(48-17-25(29)33(21)51-37(55)22-7-9-30(39(41,42)43)49-35(22)53)14-19-3-2-4-27-32(19)34(24-16-47-12-11-26(24)57-27)52-38(56)23-8-10-31(40(44,45)46)50-36(23)54/h2-13,15-17,33-34H,14H2,1H3,(H,49,53)(H,50,54)(H,51,55)(H,52,56). The summed E-state index contributed by atoms with van der Waals surface area (Å²) in [7, 11) is 0. The largest absolute Gasteiger partial charge is 0.456 e. The van der Waals surface area contributed by atoms with Crippen molar-refractivity contribution in [3.63, 3.8) is 0 Å². The summed E-state index contributed by atoms with van der Waals surface area (Å²) in [5.74, 6) is -0.587. The summed E-state index contributed by atoms with van der Waals surface area (Å²) in [5, 5.41) is 5.50. The molecule has 0 saturated heterocycles. The minimum Gasteiger partial charge on any atom is -0.456 e. The van der Waals surface area contributed by atoms with Crippen LogP contribution in [0, 0.1) is 6.92 Å². The second-order valence-corrected chi connectivity index (χ2v) is 13.4. The van der Waals surface area contributed by atoms with Gasteiger partial charge in [-0.3, -0.25) is 29.1 Å². The fraction of sp³-hybridized carbons (Fsp3) is 0.150. The number of pyridine rings is 4. The third-order valence-electron chi connectivity index (χ3n) is 9.59. The number of nitrogens with one attached hydrogen (secondary N) is 4. The normalized spacial score (nSPS) is 15.4. The molecule has 58 heavy (non-hydrogen) atoms. The Morgan fingerprint density at radius 1 is 0.690 bits per heavy atom. The molecular formula is C40H26F6N6O6. The quantitative estimate of drug-likeness (QED) is 0.130. The molecule has 0 saturated carbocycles. The zero-order valence-corrected chi connectivity index (χ0v) is 29.6. The molecule has 8 rings (SSSR count). The van der Waals surface area contributed by atoms with Crippen LogP contribution in [0.2, 0.25) is 0 Å². The Kier molecular flexibility index (Phi) is 9.13. The highest BCUT2D eigenvalue weighted by atomic mass is 19.4. The number of H-pyrrole nitrogens is 2. The van der Waals surface area contributed by atoms with E-state index in [2.05, 4.69) is 20.6 Å². The van der Waals surface area contributed by atoms with Crippen LogP contribution in [0.15, 0.2) is 101 Å². The van der Waals surface area contributed by atoms with Crippen LogP contribution in [0.3, 0.4) is 0 Å². The highest BCUT2D eigenvalue weighted by molar-refractivity contribution is 5.95. The molecule has 2 amide bonds. The van der Waals surface area contributed by atoms with E-state index in [9.17, 15) is 45.5 Å². The number of hydrogen-bond acceptors (Lipinski definition) is 8. The fourth-order valence-corrected chi connectivity index (χ4v) is 6.84. The van der Waals surface area contributed by atoms with Crippen LogP contribution in [-0.2, 0) is 18.8 Å². The summed E-state index contributed by atoms with van der Waals surface area (Å²) in [6.45, 7) is 1.82. The van der Waals surface area contributed by atoms with Gasteiger partial charge in [0.25, 0.3) is 22.9 Å². The number of carbonyl (C=O) groups is 2. The molecule has 0 fully saturated rings. The van der Waals surface area contributed by atoms with E-state index >= 15 is 0 Å². The lowest BCUT2D eigenvalue weighted by molar-refractivity contribution is -0.142. The number of benzene rings is 2. The van der Waals surface area contributed by atoms with Crippen molar-refractivity contribution in [3.05, 3.63) is 174 Å². The SMILES string of the molecule is Cc1ccc2c(c1)Oc1cc(Cc3cccc4c3C(NC(=O)c3ccc(C(F)(F)F)[nH]c3=O)c3cnccc3O4)ncc1C2NC(=O)c1ccc(C(F)(F)F)[nH]c1=O. The zero-order valence-electron chi connectivity index (χ0n) is 29.6. The number of aromatic amines is 2. The van der Waals surface area contributed by atoms with Gasteiger partial charge in [0.15, 0.2) is 0 Å². The minimum absolute atomic E-state index is 0.102. The molecule has 18 heteroatoms. The van der Waals surface area contributed by atoms with Crippen LogP contribution >= 0.6 is 0 Å². The fourth-order valence-electron chi connectivity index (χ4n) is 6.84. The first-order valence-corrected chi connectivity index (χ1v) is 17.3. The number of ether oxygens (including phenoxy) is 2. The summed E-state index contributed by atoms with van der Waals surface area (Å²) in [6.07, 6.45) is -5.18. The van der Waals surface area contributed by atoms with E-state index in [-0.39, 0.29) is 12.2 Å². The van der Waals surface area contributed by atoms with E-state index in [0.29, 0.717) is 62.9 Å². The Hall–Kier alpha value is -7.24. The number of amides is 2. The second kappa shape index (κ2) is 14.1. The van der Waals surface area contributed by atoms with Gasteiger partial charge in [-0.2, -0.15) is 26.3 Å². The third-order valence-corrected chi connectivity index (χ3v) is 9.59. The van der Waals surface area contributed by atoms with Gasteiger partial charge in [-0.25, -0.2) is 0 Å². The molecule has 2 aromatic carbocycles. The van der Waals surface area contributed by atoms with Crippen molar-refractivity contribution in [2.75, 3.05) is 0 Å². The molecule has 294 valence electrons. The number of hydrogen-bond donors (Lipinski definition) is 4. The summed E-state index contributed by atoms with van der Waals surface area (Å²) >= 11 is 0. The lowest BCUT2D eigenvalue weighted by Crippen LogP contribution is -2.35. The molecule has 2 unspecified atom stereocenters. The van der Waals surface area contributed by atoms with Crippen LogP contribution in [-0.4, -0.2) is 31.8 Å². The van der Waals surface area contributed by atoms with Crippen LogP contribution in [0.4, 0.5) is 26.3 Å². The zero-order chi connectivity index (χ0) is 41.1. The molecule has 12 nitrogen and oxygen atoms in total. The third kappa shape index (κ3) is 7.03. The van der Waals surface area contributed by atoms with Gasteiger partial charge in [-0.05, 0) is 60.5 Å². The van der Waals surface area contributed by atoms with E-state index in [1.165, 1.54) is 18.6 Å². The van der Waals surface area contributed by atoms with Gasteiger partial charge >= 0.3 is 12.4 Å². The highest BCUT2D eigenvalue weighted by Gasteiger charge is 2.36. The van der Waals surface area contributed by atoms with Gasteiger partial charge in [0.05, 0.1) is 12.1 Å². The first kappa shape index (κ1) is 37.7. The van der Waals surface area contributed by atoms with Crippen LogP contribution in [0.25, 0.3) is 0 Å². The molecule has 2 atom stereocenters. The van der Waals surface area contributed by atoms with Gasteiger partial charge in [0.2, 0.25) is 0 Å². The molecule has 0 bridgehead atoms. The topological polar surface area (TPSA) is 168 Å². The summed E-state index contributed by atoms with van der Waals surface area (Å²) < 4.78 is 91.7. The van der Waals surface area contributed by atoms with Crippen molar-refractivity contribution in [2.24, 2.45) is 0 Å². The number of aryl methyl sites for hydroxylation is 1. The number of aromatic nitrogens is 4. The van der Waals surface area contributed by atoms with Gasteiger partial charge < -0.3 is 30.1 Å². The van der Waals surface area contributed by atoms with Gasteiger partial charge in [-0.1, -0.05) is 24.3 Å². The van der Waals surface area contributed by atoms with Crippen molar-refractivity contribution < 1.29 is 45.4 Å². The number of alkyl halides is 6. The molecule has 2 aliphatic heterocycles. The van der Waals surface area contributed by atoms with Crippen molar-refractivity contribution in [1.82, 2.24) is 30.6 Å². The Morgan fingerprint density at radius 3 is 1.93 bits per heavy atom. The molecule has 0 radical (unpaired) electrons. The van der Waals surface area contributed by atoms with Gasteiger partial charge in [0, 0.05) is 59.0 Å². The summed E-state index contributed by atoms with van der Waals surface area (Å²) in [4.78, 5) is 64.4. The number of fused-ring (bicyclic) bond motifs is 4. The first-order chi connectivity index (χ1) is 27.5. The highest BCUT2D eigenvalue weighted by Crippen LogP contribution is 2.46. The van der Waals surface area contributed by atoms with Crippen molar-refractivity contribution in [2.45, 2.75) is 37.8 Å².